The number of thiophene rings is 1. The van der Waals surface area contributed by atoms with Crippen molar-refractivity contribution < 1.29 is 9.21 Å². The Morgan fingerprint density at radius 1 is 1.33 bits per heavy atom. The Morgan fingerprint density at radius 2 is 2.08 bits per heavy atom. The van der Waals surface area contributed by atoms with Gasteiger partial charge in [-0.2, -0.15) is 0 Å². The number of carbonyl (C=O) groups is 1. The van der Waals surface area contributed by atoms with Gasteiger partial charge in [0.05, 0.1) is 11.8 Å². The SMILES string of the molecule is CC(C)c1nnc(C(C)NC(=O)Cn2cnc3ccsc3c2=O)o1. The van der Waals surface area contributed by atoms with Gasteiger partial charge in [0.25, 0.3) is 5.56 Å². The minimum absolute atomic E-state index is 0.116. The Balaban J connectivity index is 1.69. The van der Waals surface area contributed by atoms with Gasteiger partial charge in [0, 0.05) is 5.92 Å². The van der Waals surface area contributed by atoms with Crippen LogP contribution in [0.1, 0.15) is 44.5 Å². The maximum absolute atomic E-state index is 12.3. The van der Waals surface area contributed by atoms with Crippen molar-refractivity contribution >= 4 is 27.5 Å². The van der Waals surface area contributed by atoms with Crippen molar-refractivity contribution in [3.8, 4) is 0 Å². The average molecular weight is 347 g/mol. The predicted molar refractivity (Wildman–Crippen MR) is 88.8 cm³/mol. The summed E-state index contributed by atoms with van der Waals surface area (Å²) >= 11 is 1.31. The van der Waals surface area contributed by atoms with E-state index in [1.807, 2.05) is 13.8 Å². The maximum Gasteiger partial charge on any atom is 0.271 e. The van der Waals surface area contributed by atoms with Gasteiger partial charge in [0.1, 0.15) is 17.3 Å². The van der Waals surface area contributed by atoms with Crippen LogP contribution in [-0.4, -0.2) is 25.7 Å². The zero-order valence-corrected chi connectivity index (χ0v) is 14.3. The van der Waals surface area contributed by atoms with Gasteiger partial charge in [0.2, 0.25) is 17.7 Å². The zero-order chi connectivity index (χ0) is 17.3. The topological polar surface area (TPSA) is 103 Å². The van der Waals surface area contributed by atoms with E-state index in [1.165, 1.54) is 22.2 Å². The van der Waals surface area contributed by atoms with Crippen LogP contribution in [0.2, 0.25) is 0 Å². The van der Waals surface area contributed by atoms with E-state index in [-0.39, 0.29) is 23.9 Å². The second-order valence-electron chi connectivity index (χ2n) is 5.74. The molecule has 0 aliphatic heterocycles. The van der Waals surface area contributed by atoms with Crippen LogP contribution in [0.15, 0.2) is 27.0 Å². The molecular weight excluding hydrogens is 330 g/mol. The summed E-state index contributed by atoms with van der Waals surface area (Å²) in [6.45, 7) is 5.52. The van der Waals surface area contributed by atoms with Gasteiger partial charge in [-0.3, -0.25) is 14.2 Å². The number of carbonyl (C=O) groups excluding carboxylic acids is 1. The van der Waals surface area contributed by atoms with Crippen molar-refractivity contribution in [3.63, 3.8) is 0 Å². The summed E-state index contributed by atoms with van der Waals surface area (Å²) < 4.78 is 7.34. The second-order valence-corrected chi connectivity index (χ2v) is 6.65. The summed E-state index contributed by atoms with van der Waals surface area (Å²) in [6, 6.07) is 1.34. The van der Waals surface area contributed by atoms with E-state index < -0.39 is 6.04 Å². The van der Waals surface area contributed by atoms with Gasteiger partial charge in [0.15, 0.2) is 0 Å². The summed E-state index contributed by atoms with van der Waals surface area (Å²) in [7, 11) is 0. The van der Waals surface area contributed by atoms with E-state index in [1.54, 1.807) is 18.4 Å². The van der Waals surface area contributed by atoms with Crippen LogP contribution < -0.4 is 10.9 Å². The largest absolute Gasteiger partial charge is 0.423 e. The third-order valence-electron chi connectivity index (χ3n) is 3.45. The lowest BCUT2D eigenvalue weighted by Gasteiger charge is -2.11. The van der Waals surface area contributed by atoms with E-state index in [4.69, 9.17) is 4.42 Å². The Kier molecular flexibility index (Phi) is 4.43. The molecule has 0 radical (unpaired) electrons. The summed E-state index contributed by atoms with van der Waals surface area (Å²) in [5.74, 6) is 0.656. The molecule has 0 aliphatic rings. The molecule has 3 aromatic heterocycles. The van der Waals surface area contributed by atoms with Crippen LogP contribution in [0.3, 0.4) is 0 Å². The van der Waals surface area contributed by atoms with Crippen molar-refractivity contribution in [2.45, 2.75) is 39.3 Å². The first kappa shape index (κ1) is 16.3. The fourth-order valence-corrected chi connectivity index (χ4v) is 2.94. The molecule has 0 spiro atoms. The molecule has 0 aromatic carbocycles. The Labute approximate surface area is 141 Å². The number of hydrogen-bond donors (Lipinski definition) is 1. The first-order valence-electron chi connectivity index (χ1n) is 7.51. The number of amides is 1. The molecule has 1 N–H and O–H groups in total. The van der Waals surface area contributed by atoms with E-state index in [0.29, 0.717) is 22.0 Å². The Morgan fingerprint density at radius 3 is 2.79 bits per heavy atom. The van der Waals surface area contributed by atoms with Crippen LogP contribution >= 0.6 is 11.3 Å². The fourth-order valence-electron chi connectivity index (χ4n) is 2.15. The molecule has 0 bridgehead atoms. The number of hydrogen-bond acceptors (Lipinski definition) is 7. The highest BCUT2D eigenvalue weighted by Crippen LogP contribution is 2.16. The highest BCUT2D eigenvalue weighted by molar-refractivity contribution is 7.17. The van der Waals surface area contributed by atoms with Crippen molar-refractivity contribution in [2.24, 2.45) is 0 Å². The van der Waals surface area contributed by atoms with Crippen LogP contribution in [-0.2, 0) is 11.3 Å². The summed E-state index contributed by atoms with van der Waals surface area (Å²) in [5, 5.41) is 12.4. The summed E-state index contributed by atoms with van der Waals surface area (Å²) in [4.78, 5) is 28.6. The van der Waals surface area contributed by atoms with Crippen molar-refractivity contribution in [2.75, 3.05) is 0 Å². The lowest BCUT2D eigenvalue weighted by Crippen LogP contribution is -2.33. The number of nitrogens with zero attached hydrogens (tertiary/aromatic N) is 4. The van der Waals surface area contributed by atoms with Gasteiger partial charge in [-0.1, -0.05) is 13.8 Å². The predicted octanol–water partition coefficient (Wildman–Crippen LogP) is 1.84. The molecule has 0 saturated carbocycles. The third kappa shape index (κ3) is 3.21. The van der Waals surface area contributed by atoms with E-state index in [0.717, 1.165) is 0 Å². The van der Waals surface area contributed by atoms with Crippen LogP contribution in [0.5, 0.6) is 0 Å². The van der Waals surface area contributed by atoms with Crippen molar-refractivity contribution in [3.05, 3.63) is 39.9 Å². The first-order chi connectivity index (χ1) is 11.5. The molecule has 9 heteroatoms. The van der Waals surface area contributed by atoms with Crippen LogP contribution in [0, 0.1) is 0 Å². The molecule has 1 atom stereocenters. The molecular formula is C15H17N5O3S. The Hall–Kier alpha value is -2.55. The Bertz CT molecular complexity index is 926. The van der Waals surface area contributed by atoms with E-state index in [2.05, 4.69) is 20.5 Å². The number of aromatic nitrogens is 4. The molecule has 0 fully saturated rings. The molecule has 0 saturated heterocycles. The molecule has 8 nitrogen and oxygen atoms in total. The standard InChI is InChI=1S/C15H17N5O3S/c1-8(2)13-18-19-14(23-13)9(3)17-11(21)6-20-7-16-10-4-5-24-12(10)15(20)22/h4-5,7-9H,6H2,1-3H3,(H,17,21). The fraction of sp³-hybridized carbons (Fsp3) is 0.400. The summed E-state index contributed by atoms with van der Waals surface area (Å²) in [6.07, 6.45) is 1.38. The van der Waals surface area contributed by atoms with Crippen LogP contribution in [0.25, 0.3) is 10.2 Å². The number of fused-ring (bicyclic) bond motifs is 1. The number of nitrogens with one attached hydrogen (secondary N) is 1. The van der Waals surface area contributed by atoms with Crippen molar-refractivity contribution in [1.82, 2.24) is 25.1 Å². The highest BCUT2D eigenvalue weighted by atomic mass is 32.1. The van der Waals surface area contributed by atoms with Crippen LogP contribution in [0.4, 0.5) is 0 Å². The average Bonchev–Trinajstić information content (AvgIpc) is 3.18. The lowest BCUT2D eigenvalue weighted by atomic mass is 10.2. The van der Waals surface area contributed by atoms with E-state index >= 15 is 0 Å². The second kappa shape index (κ2) is 6.52. The van der Waals surface area contributed by atoms with Gasteiger partial charge in [-0.25, -0.2) is 4.98 Å². The van der Waals surface area contributed by atoms with Gasteiger partial charge >= 0.3 is 0 Å². The van der Waals surface area contributed by atoms with Crippen molar-refractivity contribution in [1.29, 1.82) is 0 Å². The van der Waals surface area contributed by atoms with Gasteiger partial charge in [-0.05, 0) is 18.4 Å². The van der Waals surface area contributed by atoms with Gasteiger partial charge in [-0.15, -0.1) is 21.5 Å². The highest BCUT2D eigenvalue weighted by Gasteiger charge is 2.18. The molecule has 3 heterocycles. The molecule has 1 unspecified atom stereocenters. The van der Waals surface area contributed by atoms with Gasteiger partial charge < -0.3 is 9.73 Å². The molecule has 3 rings (SSSR count). The molecule has 126 valence electrons. The minimum atomic E-state index is -0.438. The molecule has 3 aromatic rings. The molecule has 1 amide bonds. The monoisotopic (exact) mass is 347 g/mol. The normalized spacial score (nSPS) is 12.7. The zero-order valence-electron chi connectivity index (χ0n) is 13.5. The maximum atomic E-state index is 12.3. The van der Waals surface area contributed by atoms with E-state index in [9.17, 15) is 9.59 Å². The minimum Gasteiger partial charge on any atom is -0.423 e. The summed E-state index contributed by atoms with van der Waals surface area (Å²) in [5.41, 5.74) is 0.416. The molecule has 24 heavy (non-hydrogen) atoms. The quantitative estimate of drug-likeness (QED) is 0.755. The first-order valence-corrected chi connectivity index (χ1v) is 8.39. The number of rotatable bonds is 5. The smallest absolute Gasteiger partial charge is 0.271 e. The lowest BCUT2D eigenvalue weighted by molar-refractivity contribution is -0.122. The molecule has 0 aliphatic carbocycles. The third-order valence-corrected chi connectivity index (χ3v) is 4.34.